The molecule has 34 heavy (non-hydrogen) atoms. The molecule has 2 aliphatic rings. The maximum Gasteiger partial charge on any atom is 0.242 e. The SMILES string of the molecule is Cc1ccc(OC[C@H]2c3ccsc3CCN2C(=O)CN(C[C@H]2CCCO2)C(=O)C(C)C)c(C)c1. The quantitative estimate of drug-likeness (QED) is 0.552. The van der Waals surface area contributed by atoms with Gasteiger partial charge in [0.1, 0.15) is 12.4 Å². The van der Waals surface area contributed by atoms with Gasteiger partial charge in [0, 0.05) is 30.5 Å². The first-order valence-electron chi connectivity index (χ1n) is 12.3. The number of benzene rings is 1. The molecule has 3 heterocycles. The van der Waals surface area contributed by atoms with Crippen molar-refractivity contribution in [3.05, 3.63) is 51.2 Å². The van der Waals surface area contributed by atoms with Crippen molar-refractivity contribution in [2.45, 2.75) is 59.1 Å². The van der Waals surface area contributed by atoms with Crippen LogP contribution in [-0.4, -0.2) is 60.6 Å². The summed E-state index contributed by atoms with van der Waals surface area (Å²) in [6.45, 7) is 10.2. The fourth-order valence-electron chi connectivity index (χ4n) is 4.89. The summed E-state index contributed by atoms with van der Waals surface area (Å²) in [7, 11) is 0. The third-order valence-corrected chi connectivity index (χ3v) is 7.72. The molecular weight excluding hydrogens is 448 g/mol. The Kier molecular flexibility index (Phi) is 7.94. The minimum atomic E-state index is -0.165. The van der Waals surface area contributed by atoms with Gasteiger partial charge in [-0.15, -0.1) is 11.3 Å². The van der Waals surface area contributed by atoms with Gasteiger partial charge in [0.2, 0.25) is 11.8 Å². The van der Waals surface area contributed by atoms with Gasteiger partial charge in [0.15, 0.2) is 0 Å². The molecule has 6 nitrogen and oxygen atoms in total. The lowest BCUT2D eigenvalue weighted by molar-refractivity contribution is -0.145. The van der Waals surface area contributed by atoms with Gasteiger partial charge in [-0.1, -0.05) is 31.5 Å². The van der Waals surface area contributed by atoms with Crippen molar-refractivity contribution < 1.29 is 19.1 Å². The summed E-state index contributed by atoms with van der Waals surface area (Å²) in [6, 6.07) is 8.10. The van der Waals surface area contributed by atoms with Crippen LogP contribution in [0.15, 0.2) is 29.6 Å². The first-order chi connectivity index (χ1) is 16.3. The van der Waals surface area contributed by atoms with Crippen molar-refractivity contribution in [3.63, 3.8) is 0 Å². The molecule has 1 fully saturated rings. The highest BCUT2D eigenvalue weighted by atomic mass is 32.1. The van der Waals surface area contributed by atoms with Crippen LogP contribution in [0.2, 0.25) is 0 Å². The van der Waals surface area contributed by atoms with Gasteiger partial charge in [0.05, 0.1) is 18.7 Å². The average Bonchev–Trinajstić information content (AvgIpc) is 3.49. The van der Waals surface area contributed by atoms with Crippen LogP contribution in [0.1, 0.15) is 54.3 Å². The maximum atomic E-state index is 13.6. The molecule has 184 valence electrons. The van der Waals surface area contributed by atoms with Crippen molar-refractivity contribution in [1.82, 2.24) is 9.80 Å². The number of thiophene rings is 1. The molecule has 1 aromatic heterocycles. The smallest absolute Gasteiger partial charge is 0.242 e. The van der Waals surface area contributed by atoms with Gasteiger partial charge < -0.3 is 19.3 Å². The average molecular weight is 485 g/mol. The Balaban J connectivity index is 1.51. The Labute approximate surface area is 206 Å². The summed E-state index contributed by atoms with van der Waals surface area (Å²) in [5.41, 5.74) is 3.44. The van der Waals surface area contributed by atoms with E-state index in [0.29, 0.717) is 19.7 Å². The number of carbonyl (C=O) groups is 2. The predicted molar refractivity (Wildman–Crippen MR) is 134 cm³/mol. The van der Waals surface area contributed by atoms with Crippen LogP contribution in [0.5, 0.6) is 5.75 Å². The van der Waals surface area contributed by atoms with Crippen LogP contribution in [0.25, 0.3) is 0 Å². The van der Waals surface area contributed by atoms with E-state index in [-0.39, 0.29) is 36.4 Å². The van der Waals surface area contributed by atoms with Gasteiger partial charge in [0.25, 0.3) is 0 Å². The lowest BCUT2D eigenvalue weighted by Gasteiger charge is -2.37. The summed E-state index contributed by atoms with van der Waals surface area (Å²) in [6.07, 6.45) is 2.80. The van der Waals surface area contributed by atoms with Gasteiger partial charge in [-0.05, 0) is 61.7 Å². The monoisotopic (exact) mass is 484 g/mol. The number of rotatable bonds is 8. The Morgan fingerprint density at radius 1 is 1.26 bits per heavy atom. The van der Waals surface area contributed by atoms with Crippen LogP contribution >= 0.6 is 11.3 Å². The molecule has 0 saturated carbocycles. The predicted octanol–water partition coefficient (Wildman–Crippen LogP) is 4.53. The summed E-state index contributed by atoms with van der Waals surface area (Å²) in [5, 5.41) is 2.09. The van der Waals surface area contributed by atoms with E-state index in [4.69, 9.17) is 9.47 Å². The molecule has 0 spiro atoms. The van der Waals surface area contributed by atoms with Crippen molar-refractivity contribution in [2.75, 3.05) is 32.8 Å². The molecule has 2 aromatic rings. The highest BCUT2D eigenvalue weighted by Gasteiger charge is 2.34. The topological polar surface area (TPSA) is 59.1 Å². The number of hydrogen-bond donors (Lipinski definition) is 0. The molecule has 1 aromatic carbocycles. The fourth-order valence-corrected chi connectivity index (χ4v) is 5.82. The van der Waals surface area contributed by atoms with Gasteiger partial charge in [-0.25, -0.2) is 0 Å². The number of ether oxygens (including phenoxy) is 2. The second kappa shape index (κ2) is 10.9. The Hall–Kier alpha value is -2.38. The molecule has 0 unspecified atom stereocenters. The van der Waals surface area contributed by atoms with Crippen LogP contribution in [0.4, 0.5) is 0 Å². The zero-order valence-electron chi connectivity index (χ0n) is 20.7. The minimum Gasteiger partial charge on any atom is -0.491 e. The highest BCUT2D eigenvalue weighted by molar-refractivity contribution is 7.10. The van der Waals surface area contributed by atoms with Gasteiger partial charge in [-0.3, -0.25) is 9.59 Å². The molecular formula is C27H36N2O4S. The number of nitrogens with zero attached hydrogens (tertiary/aromatic N) is 2. The van der Waals surface area contributed by atoms with Gasteiger partial charge in [-0.2, -0.15) is 0 Å². The molecule has 0 bridgehead atoms. The number of carbonyl (C=O) groups excluding carboxylic acids is 2. The maximum absolute atomic E-state index is 13.6. The molecule has 0 N–H and O–H groups in total. The molecule has 2 atom stereocenters. The van der Waals surface area contributed by atoms with E-state index < -0.39 is 0 Å². The van der Waals surface area contributed by atoms with Crippen LogP contribution in [0.3, 0.4) is 0 Å². The van der Waals surface area contributed by atoms with Crippen molar-refractivity contribution in [3.8, 4) is 5.75 Å². The summed E-state index contributed by atoms with van der Waals surface area (Å²) in [5.74, 6) is 0.649. The molecule has 2 aliphatic heterocycles. The second-order valence-corrected chi connectivity index (χ2v) is 10.7. The number of amides is 2. The second-order valence-electron chi connectivity index (χ2n) is 9.74. The van der Waals surface area contributed by atoms with E-state index in [9.17, 15) is 9.59 Å². The zero-order valence-corrected chi connectivity index (χ0v) is 21.5. The van der Waals surface area contributed by atoms with Gasteiger partial charge >= 0.3 is 0 Å². The van der Waals surface area contributed by atoms with E-state index in [2.05, 4.69) is 24.4 Å². The molecule has 7 heteroatoms. The van der Waals surface area contributed by atoms with E-state index in [1.54, 1.807) is 16.2 Å². The van der Waals surface area contributed by atoms with Crippen LogP contribution < -0.4 is 4.74 Å². The largest absolute Gasteiger partial charge is 0.491 e. The van der Waals surface area contributed by atoms with E-state index in [0.717, 1.165) is 42.7 Å². The lowest BCUT2D eigenvalue weighted by atomic mass is 10.00. The molecule has 1 saturated heterocycles. The molecule has 4 rings (SSSR count). The van der Waals surface area contributed by atoms with Crippen LogP contribution in [-0.2, 0) is 20.7 Å². The van der Waals surface area contributed by atoms with E-state index in [1.165, 1.54) is 10.4 Å². The zero-order chi connectivity index (χ0) is 24.2. The van der Waals surface area contributed by atoms with Crippen molar-refractivity contribution in [2.24, 2.45) is 5.92 Å². The standard InChI is InChI=1S/C27H36N2O4S/c1-18(2)27(31)28(15-21-6-5-12-32-21)16-26(30)29-11-9-25-22(10-13-34-25)23(29)17-33-24-8-7-19(3)14-20(24)4/h7-8,10,13-14,18,21,23H,5-6,9,11-12,15-17H2,1-4H3/t21-,23+/m1/s1. The van der Waals surface area contributed by atoms with Crippen LogP contribution in [0, 0.1) is 19.8 Å². The highest BCUT2D eigenvalue weighted by Crippen LogP contribution is 2.34. The third-order valence-electron chi connectivity index (χ3n) is 6.72. The van der Waals surface area contributed by atoms with Crippen molar-refractivity contribution >= 4 is 23.2 Å². The first-order valence-corrected chi connectivity index (χ1v) is 13.2. The lowest BCUT2D eigenvalue weighted by Crippen LogP contribution is -2.50. The number of aryl methyl sites for hydroxylation is 2. The Morgan fingerprint density at radius 3 is 2.79 bits per heavy atom. The number of fused-ring (bicyclic) bond motifs is 1. The summed E-state index contributed by atoms with van der Waals surface area (Å²) in [4.78, 5) is 31.5. The molecule has 2 amide bonds. The normalized spacial score (nSPS) is 19.9. The summed E-state index contributed by atoms with van der Waals surface area (Å²) < 4.78 is 12.0. The fraction of sp³-hybridized carbons (Fsp3) is 0.556. The third kappa shape index (κ3) is 5.63. The molecule has 0 radical (unpaired) electrons. The Bertz CT molecular complexity index is 1010. The van der Waals surface area contributed by atoms with Crippen molar-refractivity contribution in [1.29, 1.82) is 0 Å². The van der Waals surface area contributed by atoms with E-state index in [1.807, 2.05) is 37.8 Å². The van der Waals surface area contributed by atoms with E-state index >= 15 is 0 Å². The number of hydrogen-bond acceptors (Lipinski definition) is 5. The minimum absolute atomic E-state index is 0.000150. The first kappa shape index (κ1) is 24.7. The summed E-state index contributed by atoms with van der Waals surface area (Å²) >= 11 is 1.74. The molecule has 0 aliphatic carbocycles. The Morgan fingerprint density at radius 2 is 2.09 bits per heavy atom.